The molecule has 3 aromatic heterocycles. The van der Waals surface area contributed by atoms with Crippen LogP contribution in [0, 0.1) is 5.82 Å². The topological polar surface area (TPSA) is 54.5 Å². The molecule has 1 aliphatic rings. The van der Waals surface area contributed by atoms with Crippen LogP contribution in [-0.2, 0) is 0 Å². The molecule has 0 amide bonds. The molecule has 0 radical (unpaired) electrons. The number of hydrogen-bond acceptors (Lipinski definition) is 3. The molecule has 94 valence electrons. The van der Waals surface area contributed by atoms with E-state index in [1.807, 2.05) is 0 Å². The van der Waals surface area contributed by atoms with Gasteiger partial charge in [0.15, 0.2) is 5.82 Å². The van der Waals surface area contributed by atoms with Gasteiger partial charge in [0, 0.05) is 28.8 Å². The molecule has 5 heteroatoms. The van der Waals surface area contributed by atoms with Crippen molar-refractivity contribution < 1.29 is 4.39 Å². The van der Waals surface area contributed by atoms with Crippen LogP contribution < -0.4 is 0 Å². The van der Waals surface area contributed by atoms with Gasteiger partial charge in [-0.15, -0.1) is 0 Å². The average molecular weight is 254 g/mol. The van der Waals surface area contributed by atoms with Crippen LogP contribution in [0.15, 0.2) is 30.7 Å². The first-order valence-electron chi connectivity index (χ1n) is 6.27. The number of hydrogen-bond donors (Lipinski definition) is 1. The van der Waals surface area contributed by atoms with E-state index in [1.54, 1.807) is 24.5 Å². The third-order valence-electron chi connectivity index (χ3n) is 3.51. The molecule has 4 nitrogen and oxygen atoms in total. The highest BCUT2D eigenvalue weighted by atomic mass is 19.1. The van der Waals surface area contributed by atoms with Crippen LogP contribution in [0.2, 0.25) is 0 Å². The first-order chi connectivity index (χ1) is 9.34. The summed E-state index contributed by atoms with van der Waals surface area (Å²) >= 11 is 0. The van der Waals surface area contributed by atoms with E-state index in [2.05, 4.69) is 20.2 Å². The van der Waals surface area contributed by atoms with Crippen LogP contribution >= 0.6 is 0 Å². The summed E-state index contributed by atoms with van der Waals surface area (Å²) in [5, 5.41) is 7.63. The molecular formula is C14H11FN4. The van der Waals surface area contributed by atoms with E-state index in [0.717, 1.165) is 11.3 Å². The van der Waals surface area contributed by atoms with Gasteiger partial charge in [-0.25, -0.2) is 4.39 Å². The quantitative estimate of drug-likeness (QED) is 0.764. The van der Waals surface area contributed by atoms with E-state index < -0.39 is 0 Å². The minimum atomic E-state index is -0.344. The van der Waals surface area contributed by atoms with Gasteiger partial charge >= 0.3 is 0 Å². The summed E-state index contributed by atoms with van der Waals surface area (Å²) in [5.41, 5.74) is 3.32. The zero-order valence-corrected chi connectivity index (χ0v) is 10.1. The Labute approximate surface area is 108 Å². The van der Waals surface area contributed by atoms with Crippen LogP contribution in [-0.4, -0.2) is 20.2 Å². The molecule has 0 aromatic carbocycles. The van der Waals surface area contributed by atoms with Gasteiger partial charge in [-0.2, -0.15) is 5.10 Å². The van der Waals surface area contributed by atoms with E-state index in [-0.39, 0.29) is 5.82 Å². The third kappa shape index (κ3) is 1.62. The van der Waals surface area contributed by atoms with Gasteiger partial charge in [0.05, 0.1) is 17.9 Å². The fraction of sp³-hybridized carbons (Fsp3) is 0.214. The number of fused-ring (bicyclic) bond motifs is 1. The molecule has 0 unspecified atom stereocenters. The molecule has 0 atom stereocenters. The lowest BCUT2D eigenvalue weighted by Crippen LogP contribution is -1.93. The highest BCUT2D eigenvalue weighted by Crippen LogP contribution is 2.43. The van der Waals surface area contributed by atoms with Crippen molar-refractivity contribution in [3.8, 4) is 11.3 Å². The van der Waals surface area contributed by atoms with E-state index in [4.69, 9.17) is 0 Å². The molecule has 0 spiro atoms. The summed E-state index contributed by atoms with van der Waals surface area (Å²) < 4.78 is 13.8. The zero-order valence-electron chi connectivity index (χ0n) is 10.1. The number of nitrogens with zero attached hydrogens (tertiary/aromatic N) is 3. The monoisotopic (exact) mass is 254 g/mol. The van der Waals surface area contributed by atoms with E-state index in [1.165, 1.54) is 19.0 Å². The predicted octanol–water partition coefficient (Wildman–Crippen LogP) is 3.04. The highest BCUT2D eigenvalue weighted by Gasteiger charge is 2.29. The van der Waals surface area contributed by atoms with Crippen molar-refractivity contribution in [1.29, 1.82) is 0 Å². The van der Waals surface area contributed by atoms with Crippen LogP contribution in [0.4, 0.5) is 4.39 Å². The summed E-state index contributed by atoms with van der Waals surface area (Å²) in [5.74, 6) is 0.187. The fourth-order valence-corrected chi connectivity index (χ4v) is 2.40. The van der Waals surface area contributed by atoms with Gasteiger partial charge in [-0.05, 0) is 25.0 Å². The Kier molecular flexibility index (Phi) is 2.15. The molecule has 1 saturated carbocycles. The highest BCUT2D eigenvalue weighted by molar-refractivity contribution is 5.91. The average Bonchev–Trinajstić information content (AvgIpc) is 3.18. The normalized spacial score (nSPS) is 15.0. The lowest BCUT2D eigenvalue weighted by Gasteiger charge is -2.05. The Bertz CT molecular complexity index is 761. The van der Waals surface area contributed by atoms with Gasteiger partial charge in [0.1, 0.15) is 5.69 Å². The largest absolute Gasteiger partial charge is 0.282 e. The summed E-state index contributed by atoms with van der Waals surface area (Å²) in [7, 11) is 0. The molecule has 1 aliphatic carbocycles. The summed E-state index contributed by atoms with van der Waals surface area (Å²) in [4.78, 5) is 8.50. The third-order valence-corrected chi connectivity index (χ3v) is 3.51. The maximum atomic E-state index is 13.8. The lowest BCUT2D eigenvalue weighted by atomic mass is 10.1. The summed E-state index contributed by atoms with van der Waals surface area (Å²) in [6.07, 6.45) is 7.00. The minimum Gasteiger partial charge on any atom is -0.282 e. The van der Waals surface area contributed by atoms with Crippen molar-refractivity contribution in [3.63, 3.8) is 0 Å². The van der Waals surface area contributed by atoms with Crippen molar-refractivity contribution in [2.45, 2.75) is 18.8 Å². The standard InChI is InChI=1S/C14H11FN4/c15-11-7-17-14(13-9(11)2-1-5-16-13)10-6-18-19-12(10)8-3-4-8/h1-2,5-8H,3-4H2,(H,18,19). The summed E-state index contributed by atoms with van der Waals surface area (Å²) in [6, 6.07) is 3.45. The number of rotatable bonds is 2. The minimum absolute atomic E-state index is 0.344. The Hall–Kier alpha value is -2.30. The molecular weight excluding hydrogens is 243 g/mol. The van der Waals surface area contributed by atoms with Crippen molar-refractivity contribution in [2.75, 3.05) is 0 Å². The lowest BCUT2D eigenvalue weighted by molar-refractivity contribution is 0.634. The molecule has 1 N–H and O–H groups in total. The van der Waals surface area contributed by atoms with Crippen LogP contribution in [0.3, 0.4) is 0 Å². The Morgan fingerprint density at radius 3 is 2.95 bits per heavy atom. The van der Waals surface area contributed by atoms with E-state index in [9.17, 15) is 4.39 Å². The smallest absolute Gasteiger partial charge is 0.150 e. The number of pyridine rings is 2. The molecule has 0 bridgehead atoms. The van der Waals surface area contributed by atoms with Crippen molar-refractivity contribution in [2.24, 2.45) is 0 Å². The maximum absolute atomic E-state index is 13.8. The van der Waals surface area contributed by atoms with E-state index in [0.29, 0.717) is 22.5 Å². The number of halogens is 1. The molecule has 4 rings (SSSR count). The van der Waals surface area contributed by atoms with Gasteiger partial charge in [0.2, 0.25) is 0 Å². The molecule has 0 saturated heterocycles. The SMILES string of the molecule is Fc1cnc(-c2cn[nH]c2C2CC2)c2ncccc12. The van der Waals surface area contributed by atoms with Crippen molar-refractivity contribution in [3.05, 3.63) is 42.2 Å². The molecule has 0 aliphatic heterocycles. The number of aromatic amines is 1. The van der Waals surface area contributed by atoms with Gasteiger partial charge in [-0.1, -0.05) is 0 Å². The van der Waals surface area contributed by atoms with Gasteiger partial charge in [-0.3, -0.25) is 15.1 Å². The maximum Gasteiger partial charge on any atom is 0.150 e. The Morgan fingerprint density at radius 2 is 2.11 bits per heavy atom. The van der Waals surface area contributed by atoms with Gasteiger partial charge in [0.25, 0.3) is 0 Å². The second-order valence-corrected chi connectivity index (χ2v) is 4.83. The Morgan fingerprint density at radius 1 is 1.21 bits per heavy atom. The molecule has 3 heterocycles. The molecule has 3 aromatic rings. The number of nitrogens with one attached hydrogen (secondary N) is 1. The molecule has 1 fully saturated rings. The molecule has 19 heavy (non-hydrogen) atoms. The Balaban J connectivity index is 2.00. The first-order valence-corrected chi connectivity index (χ1v) is 6.27. The van der Waals surface area contributed by atoms with E-state index >= 15 is 0 Å². The van der Waals surface area contributed by atoms with Gasteiger partial charge < -0.3 is 0 Å². The van der Waals surface area contributed by atoms with Crippen LogP contribution in [0.25, 0.3) is 22.2 Å². The van der Waals surface area contributed by atoms with Crippen molar-refractivity contribution >= 4 is 10.9 Å². The fourth-order valence-electron chi connectivity index (χ4n) is 2.40. The zero-order chi connectivity index (χ0) is 12.8. The second-order valence-electron chi connectivity index (χ2n) is 4.83. The summed E-state index contributed by atoms with van der Waals surface area (Å²) in [6.45, 7) is 0. The number of aromatic nitrogens is 4. The van der Waals surface area contributed by atoms with Crippen molar-refractivity contribution in [1.82, 2.24) is 20.2 Å². The second kappa shape index (κ2) is 3.85. The van der Waals surface area contributed by atoms with Crippen LogP contribution in [0.5, 0.6) is 0 Å². The first kappa shape index (κ1) is 10.6. The number of H-pyrrole nitrogens is 1. The predicted molar refractivity (Wildman–Crippen MR) is 69.1 cm³/mol. The van der Waals surface area contributed by atoms with Crippen LogP contribution in [0.1, 0.15) is 24.5 Å².